The topological polar surface area (TPSA) is 61.5 Å². The normalized spacial score (nSPS) is 19.4. The van der Waals surface area contributed by atoms with Crippen LogP contribution in [-0.2, 0) is 14.3 Å². The van der Waals surface area contributed by atoms with Crippen LogP contribution in [-0.4, -0.2) is 31.8 Å². The van der Waals surface area contributed by atoms with Gasteiger partial charge in [0.05, 0.1) is 0 Å². The van der Waals surface area contributed by atoms with Crippen LogP contribution in [0.1, 0.15) is 44.9 Å². The van der Waals surface area contributed by atoms with Crippen LogP contribution in [0.25, 0.3) is 0 Å². The molecule has 0 aromatic rings. The Hall–Kier alpha value is -0.610. The zero-order chi connectivity index (χ0) is 11.8. The zero-order valence-electron chi connectivity index (χ0n) is 10.1. The van der Waals surface area contributed by atoms with Gasteiger partial charge in [-0.15, -0.1) is 0 Å². The SMILES string of the molecule is COCCCC(N)C(=O)OC1CCCCC1. The van der Waals surface area contributed by atoms with Crippen LogP contribution in [0.3, 0.4) is 0 Å². The number of esters is 1. The summed E-state index contributed by atoms with van der Waals surface area (Å²) in [5.41, 5.74) is 5.75. The van der Waals surface area contributed by atoms with E-state index in [1.165, 1.54) is 6.42 Å². The second kappa shape index (κ2) is 7.63. The van der Waals surface area contributed by atoms with E-state index in [1.807, 2.05) is 0 Å². The largest absolute Gasteiger partial charge is 0.461 e. The van der Waals surface area contributed by atoms with E-state index in [0.29, 0.717) is 13.0 Å². The number of rotatable bonds is 6. The zero-order valence-corrected chi connectivity index (χ0v) is 10.1. The molecule has 1 fully saturated rings. The molecule has 1 saturated carbocycles. The van der Waals surface area contributed by atoms with Crippen molar-refractivity contribution in [3.63, 3.8) is 0 Å². The molecule has 0 saturated heterocycles. The van der Waals surface area contributed by atoms with Crippen molar-refractivity contribution in [1.29, 1.82) is 0 Å². The summed E-state index contributed by atoms with van der Waals surface area (Å²) in [6, 6.07) is -0.489. The molecule has 0 radical (unpaired) electrons. The number of methoxy groups -OCH3 is 1. The molecule has 1 unspecified atom stereocenters. The molecule has 0 heterocycles. The molecule has 4 nitrogen and oxygen atoms in total. The number of carbonyl (C=O) groups excluding carboxylic acids is 1. The Morgan fingerprint density at radius 3 is 2.69 bits per heavy atom. The maximum atomic E-state index is 11.6. The molecule has 0 aromatic carbocycles. The van der Waals surface area contributed by atoms with Gasteiger partial charge in [-0.05, 0) is 38.5 Å². The minimum atomic E-state index is -0.489. The third-order valence-corrected chi connectivity index (χ3v) is 3.00. The standard InChI is InChI=1S/C12H23NO3/c1-15-9-5-8-11(13)12(14)16-10-6-3-2-4-7-10/h10-11H,2-9,13H2,1H3. The molecule has 2 N–H and O–H groups in total. The third-order valence-electron chi connectivity index (χ3n) is 3.00. The van der Waals surface area contributed by atoms with Crippen molar-refractivity contribution in [2.75, 3.05) is 13.7 Å². The second-order valence-electron chi connectivity index (χ2n) is 4.44. The van der Waals surface area contributed by atoms with Crippen LogP contribution in [0.2, 0.25) is 0 Å². The molecule has 1 aliphatic carbocycles. The molecule has 0 bridgehead atoms. The summed E-state index contributed by atoms with van der Waals surface area (Å²) in [7, 11) is 1.64. The van der Waals surface area contributed by atoms with Crippen LogP contribution < -0.4 is 5.73 Å². The minimum Gasteiger partial charge on any atom is -0.461 e. The van der Waals surface area contributed by atoms with E-state index in [-0.39, 0.29) is 12.1 Å². The highest BCUT2D eigenvalue weighted by Gasteiger charge is 2.21. The van der Waals surface area contributed by atoms with Crippen LogP contribution in [0.15, 0.2) is 0 Å². The van der Waals surface area contributed by atoms with E-state index in [2.05, 4.69) is 0 Å². The van der Waals surface area contributed by atoms with E-state index in [4.69, 9.17) is 15.2 Å². The van der Waals surface area contributed by atoms with Crippen molar-refractivity contribution in [2.24, 2.45) is 5.73 Å². The average Bonchev–Trinajstić information content (AvgIpc) is 2.30. The lowest BCUT2D eigenvalue weighted by Gasteiger charge is -2.23. The quantitative estimate of drug-likeness (QED) is 0.555. The van der Waals surface area contributed by atoms with Gasteiger partial charge in [0, 0.05) is 13.7 Å². The highest BCUT2D eigenvalue weighted by molar-refractivity contribution is 5.75. The van der Waals surface area contributed by atoms with Gasteiger partial charge in [-0.1, -0.05) is 6.42 Å². The molecular formula is C12H23NO3. The van der Waals surface area contributed by atoms with E-state index in [0.717, 1.165) is 32.1 Å². The fraction of sp³-hybridized carbons (Fsp3) is 0.917. The van der Waals surface area contributed by atoms with Gasteiger partial charge in [-0.25, -0.2) is 0 Å². The minimum absolute atomic E-state index is 0.106. The monoisotopic (exact) mass is 229 g/mol. The Morgan fingerprint density at radius 2 is 2.06 bits per heavy atom. The smallest absolute Gasteiger partial charge is 0.323 e. The van der Waals surface area contributed by atoms with Crippen molar-refractivity contribution in [2.45, 2.75) is 57.1 Å². The Balaban J connectivity index is 2.16. The summed E-state index contributed by atoms with van der Waals surface area (Å²) in [6.45, 7) is 0.643. The lowest BCUT2D eigenvalue weighted by atomic mass is 9.98. The Kier molecular flexibility index (Phi) is 6.42. The Bertz CT molecular complexity index is 202. The maximum Gasteiger partial charge on any atom is 0.323 e. The molecule has 0 aromatic heterocycles. The van der Waals surface area contributed by atoms with Gasteiger partial charge >= 0.3 is 5.97 Å². The summed E-state index contributed by atoms with van der Waals surface area (Å²) in [4.78, 5) is 11.6. The number of nitrogens with two attached hydrogens (primary N) is 1. The second-order valence-corrected chi connectivity index (χ2v) is 4.44. The first-order valence-electron chi connectivity index (χ1n) is 6.19. The van der Waals surface area contributed by atoms with Crippen molar-refractivity contribution < 1.29 is 14.3 Å². The lowest BCUT2D eigenvalue weighted by molar-refractivity contribution is -0.152. The molecule has 1 aliphatic rings. The number of hydrogen-bond donors (Lipinski definition) is 1. The van der Waals surface area contributed by atoms with Gasteiger partial charge in [0.1, 0.15) is 12.1 Å². The van der Waals surface area contributed by atoms with Gasteiger partial charge in [-0.3, -0.25) is 4.79 Å². The molecular weight excluding hydrogens is 206 g/mol. The van der Waals surface area contributed by atoms with Crippen LogP contribution in [0.5, 0.6) is 0 Å². The third kappa shape index (κ3) is 4.94. The van der Waals surface area contributed by atoms with Gasteiger partial charge in [0.2, 0.25) is 0 Å². The number of ether oxygens (including phenoxy) is 2. The first kappa shape index (κ1) is 13.5. The maximum absolute atomic E-state index is 11.6. The van der Waals surface area contributed by atoms with Gasteiger partial charge in [0.15, 0.2) is 0 Å². The molecule has 1 atom stereocenters. The Labute approximate surface area is 97.5 Å². The van der Waals surface area contributed by atoms with Crippen LogP contribution in [0.4, 0.5) is 0 Å². The molecule has 1 rings (SSSR count). The Morgan fingerprint density at radius 1 is 1.38 bits per heavy atom. The molecule has 4 heteroatoms. The molecule has 0 aliphatic heterocycles. The van der Waals surface area contributed by atoms with Crippen molar-refractivity contribution in [3.05, 3.63) is 0 Å². The van der Waals surface area contributed by atoms with E-state index in [9.17, 15) is 4.79 Å². The summed E-state index contributed by atoms with van der Waals surface area (Å²) in [5, 5.41) is 0. The first-order valence-corrected chi connectivity index (χ1v) is 6.19. The average molecular weight is 229 g/mol. The van der Waals surface area contributed by atoms with Crippen molar-refractivity contribution in [3.8, 4) is 0 Å². The molecule has 94 valence electrons. The lowest BCUT2D eigenvalue weighted by Crippen LogP contribution is -2.35. The highest BCUT2D eigenvalue weighted by Crippen LogP contribution is 2.20. The van der Waals surface area contributed by atoms with Crippen molar-refractivity contribution in [1.82, 2.24) is 0 Å². The fourth-order valence-electron chi connectivity index (χ4n) is 2.00. The molecule has 0 spiro atoms. The summed E-state index contributed by atoms with van der Waals surface area (Å²) < 4.78 is 10.3. The summed E-state index contributed by atoms with van der Waals surface area (Å²) in [6.07, 6.45) is 7.13. The summed E-state index contributed by atoms with van der Waals surface area (Å²) >= 11 is 0. The van der Waals surface area contributed by atoms with E-state index in [1.54, 1.807) is 7.11 Å². The molecule has 0 amide bonds. The van der Waals surface area contributed by atoms with Crippen LogP contribution in [0, 0.1) is 0 Å². The van der Waals surface area contributed by atoms with Gasteiger partial charge in [-0.2, -0.15) is 0 Å². The van der Waals surface area contributed by atoms with E-state index < -0.39 is 6.04 Å². The first-order chi connectivity index (χ1) is 7.74. The van der Waals surface area contributed by atoms with Gasteiger partial charge < -0.3 is 15.2 Å². The van der Waals surface area contributed by atoms with E-state index >= 15 is 0 Å². The van der Waals surface area contributed by atoms with Gasteiger partial charge in [0.25, 0.3) is 0 Å². The number of carbonyl (C=O) groups is 1. The van der Waals surface area contributed by atoms with Crippen molar-refractivity contribution >= 4 is 5.97 Å². The fourth-order valence-corrected chi connectivity index (χ4v) is 2.00. The highest BCUT2D eigenvalue weighted by atomic mass is 16.5. The molecule has 16 heavy (non-hydrogen) atoms. The number of hydrogen-bond acceptors (Lipinski definition) is 4. The van der Waals surface area contributed by atoms with Crippen LogP contribution >= 0.6 is 0 Å². The predicted octanol–water partition coefficient (Wildman–Crippen LogP) is 1.62. The summed E-state index contributed by atoms with van der Waals surface area (Å²) in [5.74, 6) is -0.247. The predicted molar refractivity (Wildman–Crippen MR) is 62.1 cm³/mol.